The first kappa shape index (κ1) is 25.2. The minimum absolute atomic E-state index is 0.0347. The lowest BCUT2D eigenvalue weighted by molar-refractivity contribution is -0.139. The lowest BCUT2D eigenvalue weighted by Crippen LogP contribution is -2.52. The molecule has 0 aliphatic carbocycles. The van der Waals surface area contributed by atoms with Crippen molar-refractivity contribution in [3.8, 4) is 0 Å². The molecule has 34 heavy (non-hydrogen) atoms. The third-order valence-electron chi connectivity index (χ3n) is 5.73. The molecule has 4 heterocycles. The average molecular weight is 549 g/mol. The van der Waals surface area contributed by atoms with E-state index in [1.165, 1.54) is 15.9 Å². The maximum atomic E-state index is 13.3. The maximum Gasteiger partial charge on any atom is 0.445 e. The van der Waals surface area contributed by atoms with Crippen LogP contribution in [0.2, 0.25) is 0 Å². The number of nitrogens with zero attached hydrogens (tertiary/aromatic N) is 4. The second-order valence-electron chi connectivity index (χ2n) is 8.01. The second kappa shape index (κ2) is 8.93. The molecule has 0 spiro atoms. The molecular weight excluding hydrogens is 530 g/mol. The van der Waals surface area contributed by atoms with E-state index in [4.69, 9.17) is 0 Å². The second-order valence-corrected chi connectivity index (χ2v) is 12.4. The van der Waals surface area contributed by atoms with Gasteiger partial charge in [-0.2, -0.15) is 26.3 Å². The molecule has 1 amide bonds. The maximum absolute atomic E-state index is 13.3. The number of hydrogen-bond acceptors (Lipinski definition) is 8. The van der Waals surface area contributed by atoms with Gasteiger partial charge in [-0.05, 0) is 25.0 Å². The Morgan fingerprint density at radius 1 is 0.971 bits per heavy atom. The topological polar surface area (TPSA) is 83.5 Å². The number of carbonyl (C=O) groups excluding carboxylic acids is 1. The summed E-state index contributed by atoms with van der Waals surface area (Å²) >= 11 is 0.789. The van der Waals surface area contributed by atoms with Gasteiger partial charge < -0.3 is 9.80 Å². The van der Waals surface area contributed by atoms with Crippen molar-refractivity contribution in [1.82, 2.24) is 15.1 Å². The first-order valence-electron chi connectivity index (χ1n) is 10.1. The number of sulfone groups is 1. The number of carbonyl (C=O) groups is 1. The molecule has 0 bridgehead atoms. The fourth-order valence-corrected chi connectivity index (χ4v) is 7.20. The zero-order valence-electron chi connectivity index (χ0n) is 17.3. The molecule has 188 valence electrons. The van der Waals surface area contributed by atoms with Gasteiger partial charge in [0.2, 0.25) is 16.0 Å². The van der Waals surface area contributed by atoms with Crippen LogP contribution in [0, 0.1) is 5.92 Å². The summed E-state index contributed by atoms with van der Waals surface area (Å²) in [5, 5.41) is 5.56. The van der Waals surface area contributed by atoms with E-state index < -0.39 is 44.0 Å². The summed E-state index contributed by atoms with van der Waals surface area (Å²) in [5.41, 5.74) is 0. The highest BCUT2D eigenvalue weighted by Gasteiger charge is 2.41. The fourth-order valence-electron chi connectivity index (χ4n) is 3.98. The van der Waals surface area contributed by atoms with Gasteiger partial charge in [-0.1, -0.05) is 11.3 Å². The number of amides is 1. The molecule has 0 N–H and O–H groups in total. The number of rotatable bonds is 3. The van der Waals surface area contributed by atoms with E-state index in [-0.39, 0.29) is 59.9 Å². The predicted octanol–water partition coefficient (Wildman–Crippen LogP) is 3.85. The standard InChI is InChI=1S/C18H18F6N4O3S3/c19-17(20,21)13-2-1-12(32-13)11-9-27(16-26-25-15(33-16)18(22,23)24)5-6-28(11)14(29)10-3-7-34(30,31)8-4-10/h1-2,10-11H,3-9H2/t11-/m1/s1. The van der Waals surface area contributed by atoms with Crippen molar-refractivity contribution >= 4 is 43.5 Å². The van der Waals surface area contributed by atoms with Gasteiger partial charge in [0.1, 0.15) is 14.7 Å². The van der Waals surface area contributed by atoms with E-state index in [1.54, 1.807) is 0 Å². The molecule has 2 aromatic heterocycles. The van der Waals surface area contributed by atoms with Crippen LogP contribution in [-0.4, -0.2) is 60.6 Å². The van der Waals surface area contributed by atoms with E-state index >= 15 is 0 Å². The molecule has 1 atom stereocenters. The average Bonchev–Trinajstić information content (AvgIpc) is 3.42. The Labute approximate surface area is 198 Å². The molecule has 0 aromatic carbocycles. The van der Waals surface area contributed by atoms with Crippen LogP contribution < -0.4 is 4.90 Å². The summed E-state index contributed by atoms with van der Waals surface area (Å²) in [7, 11) is -3.22. The molecule has 4 rings (SSSR count). The minimum atomic E-state index is -4.68. The molecule has 2 aliphatic rings. The Morgan fingerprint density at radius 2 is 1.65 bits per heavy atom. The van der Waals surface area contributed by atoms with Crippen LogP contribution in [0.15, 0.2) is 12.1 Å². The van der Waals surface area contributed by atoms with Gasteiger partial charge in [0.15, 0.2) is 0 Å². The van der Waals surface area contributed by atoms with Crippen molar-refractivity contribution < 1.29 is 39.6 Å². The van der Waals surface area contributed by atoms with Gasteiger partial charge in [0, 0.05) is 30.4 Å². The quantitative estimate of drug-likeness (QED) is 0.542. The molecular formula is C18H18F6N4O3S3. The highest BCUT2D eigenvalue weighted by Crippen LogP contribution is 2.41. The van der Waals surface area contributed by atoms with E-state index in [1.807, 2.05) is 0 Å². The van der Waals surface area contributed by atoms with E-state index in [9.17, 15) is 39.6 Å². The molecule has 2 aliphatic heterocycles. The third-order valence-corrected chi connectivity index (χ3v) is 9.70. The van der Waals surface area contributed by atoms with Crippen LogP contribution >= 0.6 is 22.7 Å². The Morgan fingerprint density at radius 3 is 2.21 bits per heavy atom. The van der Waals surface area contributed by atoms with Gasteiger partial charge in [0.05, 0.1) is 17.5 Å². The van der Waals surface area contributed by atoms with Crippen LogP contribution in [0.25, 0.3) is 0 Å². The molecule has 2 fully saturated rings. The highest BCUT2D eigenvalue weighted by atomic mass is 32.2. The Balaban J connectivity index is 1.60. The van der Waals surface area contributed by atoms with Crippen molar-refractivity contribution in [3.05, 3.63) is 26.9 Å². The normalized spacial score (nSPS) is 22.2. The SMILES string of the molecule is O=C(C1CCS(=O)(=O)CC1)N1CCN(c2nnc(C(F)(F)F)s2)C[C@@H]1c1ccc(C(F)(F)F)s1. The first-order chi connectivity index (χ1) is 15.7. The Kier molecular flexibility index (Phi) is 6.61. The van der Waals surface area contributed by atoms with Gasteiger partial charge in [0.25, 0.3) is 0 Å². The highest BCUT2D eigenvalue weighted by molar-refractivity contribution is 7.91. The van der Waals surface area contributed by atoms with E-state index in [0.717, 1.165) is 6.07 Å². The van der Waals surface area contributed by atoms with E-state index in [0.29, 0.717) is 22.7 Å². The van der Waals surface area contributed by atoms with Gasteiger partial charge >= 0.3 is 12.4 Å². The van der Waals surface area contributed by atoms with Crippen molar-refractivity contribution in [1.29, 1.82) is 0 Å². The van der Waals surface area contributed by atoms with Gasteiger partial charge in [-0.15, -0.1) is 21.5 Å². The number of halogens is 6. The summed E-state index contributed by atoms with van der Waals surface area (Å²) in [4.78, 5) is 15.5. The zero-order chi connectivity index (χ0) is 24.9. The molecule has 0 saturated carbocycles. The summed E-state index contributed by atoms with van der Waals surface area (Å²) in [6.07, 6.45) is -9.01. The van der Waals surface area contributed by atoms with Crippen LogP contribution in [0.5, 0.6) is 0 Å². The number of thiophene rings is 1. The number of hydrogen-bond donors (Lipinski definition) is 0. The van der Waals surface area contributed by atoms with Crippen molar-refractivity contribution in [2.75, 3.05) is 36.0 Å². The fraction of sp³-hybridized carbons (Fsp3) is 0.611. The number of aromatic nitrogens is 2. The van der Waals surface area contributed by atoms with Gasteiger partial charge in [-0.25, -0.2) is 8.42 Å². The molecule has 2 saturated heterocycles. The van der Waals surface area contributed by atoms with Crippen LogP contribution in [-0.2, 0) is 27.0 Å². The van der Waals surface area contributed by atoms with Crippen LogP contribution in [0.4, 0.5) is 31.5 Å². The number of piperazine rings is 1. The summed E-state index contributed by atoms with van der Waals surface area (Å²) in [6.45, 7) is 0.0746. The first-order valence-corrected chi connectivity index (χ1v) is 13.5. The van der Waals surface area contributed by atoms with Crippen LogP contribution in [0.1, 0.15) is 33.6 Å². The lowest BCUT2D eigenvalue weighted by atomic mass is 9.98. The number of alkyl halides is 6. The molecule has 0 unspecified atom stereocenters. The molecule has 16 heteroatoms. The van der Waals surface area contributed by atoms with Crippen molar-refractivity contribution in [2.45, 2.75) is 31.2 Å². The molecule has 7 nitrogen and oxygen atoms in total. The van der Waals surface area contributed by atoms with Crippen molar-refractivity contribution in [3.63, 3.8) is 0 Å². The predicted molar refractivity (Wildman–Crippen MR) is 112 cm³/mol. The summed E-state index contributed by atoms with van der Waals surface area (Å²) < 4.78 is 102. The molecule has 2 aromatic rings. The lowest BCUT2D eigenvalue weighted by Gasteiger charge is -2.42. The van der Waals surface area contributed by atoms with Crippen molar-refractivity contribution in [2.24, 2.45) is 5.92 Å². The summed E-state index contributed by atoms with van der Waals surface area (Å²) in [5.74, 6) is -1.24. The Bertz CT molecular complexity index is 1150. The third kappa shape index (κ3) is 5.32. The van der Waals surface area contributed by atoms with Gasteiger partial charge in [-0.3, -0.25) is 4.79 Å². The molecule has 0 radical (unpaired) electrons. The monoisotopic (exact) mass is 548 g/mol. The zero-order valence-corrected chi connectivity index (χ0v) is 19.7. The smallest absolute Gasteiger partial charge is 0.342 e. The van der Waals surface area contributed by atoms with Crippen LogP contribution in [0.3, 0.4) is 0 Å². The number of anilines is 1. The minimum Gasteiger partial charge on any atom is -0.342 e. The largest absolute Gasteiger partial charge is 0.445 e. The summed E-state index contributed by atoms with van der Waals surface area (Å²) in [6, 6.07) is 1.30. The van der Waals surface area contributed by atoms with E-state index in [2.05, 4.69) is 10.2 Å². The Hall–Kier alpha value is -1.94.